The van der Waals surface area contributed by atoms with Gasteiger partial charge in [-0.25, -0.2) is 29.5 Å². The summed E-state index contributed by atoms with van der Waals surface area (Å²) in [6, 6.07) is 7.68. The standard InChI is InChI=1S/C30H39N9O3.C26H30N8O3/c1-30(2,3)42-29(40)39-8-5-6-22(20-39)15-32-24-14-26(36-28-18-34-27(31-4)17-35-28)33-16-25(24)38-9-7-23(21-38)19-37-10-12-41-13-11-37;1-26(2,3)37-25(36)34-8-5-6-18(15-34)11-28-20-10-22(32-24-14-30-23(27-4)13-31-24)29-12-21(20)33-9-7-19(16-33)17-35/h7,9,14,16-18,21-22H,5-6,8,10-13,15,19-20H2,1-3H3,(H2,32,33,35,36);7,9-10,12-14,16-18H,5-6,8,11,15H2,1-3H3,(H2,28,29,31,32). The third-order valence-corrected chi connectivity index (χ3v) is 13.0. The van der Waals surface area contributed by atoms with Gasteiger partial charge in [0, 0.05) is 101 Å². The van der Waals surface area contributed by atoms with Crippen LogP contribution in [-0.2, 0) is 20.8 Å². The Morgan fingerprint density at radius 2 is 1.14 bits per heavy atom. The zero-order valence-electron chi connectivity index (χ0n) is 45.7. The van der Waals surface area contributed by atoms with Crippen LogP contribution in [-0.4, -0.2) is 149 Å². The van der Waals surface area contributed by atoms with Crippen molar-refractivity contribution in [1.29, 1.82) is 0 Å². The number of amides is 2. The molecule has 2 amide bonds. The number of nitrogens with zero attached hydrogens (tertiary/aromatic N) is 13. The number of nitrogens with one attached hydrogen (secondary N) is 4. The van der Waals surface area contributed by atoms with Crippen LogP contribution < -0.4 is 21.3 Å². The number of pyridine rings is 2. The van der Waals surface area contributed by atoms with E-state index in [-0.39, 0.29) is 35.7 Å². The van der Waals surface area contributed by atoms with Crippen molar-refractivity contribution < 1.29 is 28.6 Å². The Bertz CT molecular complexity index is 3090. The lowest BCUT2D eigenvalue weighted by Crippen LogP contribution is -2.44. The van der Waals surface area contributed by atoms with Gasteiger partial charge in [0.05, 0.1) is 60.8 Å². The normalized spacial score (nSPS) is 16.8. The van der Waals surface area contributed by atoms with Gasteiger partial charge in [0.25, 0.3) is 11.6 Å². The highest BCUT2D eigenvalue weighted by atomic mass is 16.6. The van der Waals surface area contributed by atoms with E-state index in [1.807, 2.05) is 69.3 Å². The molecule has 0 aliphatic carbocycles. The fourth-order valence-corrected chi connectivity index (χ4v) is 9.17. The van der Waals surface area contributed by atoms with E-state index in [2.05, 4.69) is 88.8 Å². The average Bonchev–Trinajstić information content (AvgIpc) is 4.17. The van der Waals surface area contributed by atoms with E-state index in [0.717, 1.165) is 87.6 Å². The number of morpholine rings is 1. The van der Waals surface area contributed by atoms with Gasteiger partial charge in [-0.3, -0.25) is 9.69 Å². The fourth-order valence-electron chi connectivity index (χ4n) is 9.17. The van der Waals surface area contributed by atoms with Crippen molar-refractivity contribution in [3.63, 3.8) is 0 Å². The van der Waals surface area contributed by atoms with Crippen LogP contribution in [0.2, 0.25) is 0 Å². The summed E-state index contributed by atoms with van der Waals surface area (Å²) in [5.41, 5.74) is 4.12. The highest BCUT2D eigenvalue weighted by Crippen LogP contribution is 2.30. The van der Waals surface area contributed by atoms with Gasteiger partial charge in [0.1, 0.15) is 22.8 Å². The van der Waals surface area contributed by atoms with Crippen molar-refractivity contribution >= 4 is 64.8 Å². The molecule has 79 heavy (non-hydrogen) atoms. The number of likely N-dealkylation sites (tertiary alicyclic amines) is 2. The number of rotatable bonds is 15. The number of hydrogen-bond donors (Lipinski definition) is 4. The molecule has 2 atom stereocenters. The van der Waals surface area contributed by atoms with Gasteiger partial charge in [-0.15, -0.1) is 9.97 Å². The largest absolute Gasteiger partial charge is 0.444 e. The quantitative estimate of drug-likeness (QED) is 0.0553. The molecule has 3 fully saturated rings. The zero-order chi connectivity index (χ0) is 55.9. The molecule has 3 aliphatic rings. The summed E-state index contributed by atoms with van der Waals surface area (Å²) in [4.78, 5) is 74.8. The Labute approximate surface area is 460 Å². The van der Waals surface area contributed by atoms with Gasteiger partial charge in [-0.05, 0) is 96.8 Å². The van der Waals surface area contributed by atoms with Crippen LogP contribution in [0.5, 0.6) is 0 Å². The first-order chi connectivity index (χ1) is 38.0. The molecule has 414 valence electrons. The molecule has 0 saturated carbocycles. The number of aldehydes is 1. The van der Waals surface area contributed by atoms with Gasteiger partial charge in [0.15, 0.2) is 30.3 Å². The maximum Gasteiger partial charge on any atom is 0.410 e. The van der Waals surface area contributed by atoms with E-state index in [1.165, 1.54) is 30.4 Å². The molecule has 0 bridgehead atoms. The first-order valence-corrected chi connectivity index (χ1v) is 26.5. The second-order valence-electron chi connectivity index (χ2n) is 21.6. The van der Waals surface area contributed by atoms with Crippen LogP contribution in [0.15, 0.2) is 86.2 Å². The SMILES string of the molecule is [C-]#[N+]c1cnc(Nc2cc(NCC3CCCN(C(=O)OC(C)(C)C)C3)c(-n3ccc(C=O)c3)cn2)cn1.[C-]#[N+]c1cnc(Nc2cc(NCC3CCCN(C(=O)OC(C)(C)C)C3)c(-n3ccc(CN4CCOCC4)c3)cn2)cn1. The van der Waals surface area contributed by atoms with Crippen LogP contribution in [0, 0.1) is 25.0 Å². The first kappa shape index (κ1) is 56.5. The zero-order valence-corrected chi connectivity index (χ0v) is 45.7. The topological polar surface area (TPSA) is 233 Å². The van der Waals surface area contributed by atoms with E-state index in [4.69, 9.17) is 27.4 Å². The van der Waals surface area contributed by atoms with Gasteiger partial charge < -0.3 is 64.1 Å². The summed E-state index contributed by atoms with van der Waals surface area (Å²) < 4.78 is 20.6. The van der Waals surface area contributed by atoms with Crippen molar-refractivity contribution in [3.05, 3.63) is 120 Å². The Kier molecular flexibility index (Phi) is 18.7. The predicted octanol–water partition coefficient (Wildman–Crippen LogP) is 9.68. The summed E-state index contributed by atoms with van der Waals surface area (Å²) in [6.07, 6.45) is 21.2. The third kappa shape index (κ3) is 16.7. The Morgan fingerprint density at radius 3 is 1.58 bits per heavy atom. The number of anilines is 6. The molecule has 4 N–H and O–H groups in total. The molecular weight excluding hydrogens is 1010 g/mol. The first-order valence-electron chi connectivity index (χ1n) is 26.5. The van der Waals surface area contributed by atoms with E-state index >= 15 is 0 Å². The molecular formula is C56H69N17O6. The monoisotopic (exact) mass is 1080 g/mol. The van der Waals surface area contributed by atoms with Gasteiger partial charge >= 0.3 is 12.2 Å². The average molecular weight is 1080 g/mol. The van der Waals surface area contributed by atoms with Crippen LogP contribution in [0.25, 0.3) is 21.1 Å². The van der Waals surface area contributed by atoms with E-state index in [9.17, 15) is 14.4 Å². The maximum absolute atomic E-state index is 12.7. The number of carbonyl (C=O) groups excluding carboxylic acids is 3. The number of ether oxygens (including phenoxy) is 3. The lowest BCUT2D eigenvalue weighted by Gasteiger charge is -2.34. The highest BCUT2D eigenvalue weighted by Gasteiger charge is 2.30. The minimum atomic E-state index is -0.532. The number of aromatic nitrogens is 8. The van der Waals surface area contributed by atoms with Gasteiger partial charge in [0.2, 0.25) is 0 Å². The molecule has 9 heterocycles. The summed E-state index contributed by atoms with van der Waals surface area (Å²) in [7, 11) is 0. The van der Waals surface area contributed by atoms with Crippen molar-refractivity contribution in [1.82, 2.24) is 53.7 Å². The van der Waals surface area contributed by atoms with Crippen molar-refractivity contribution in [2.45, 2.75) is 85.0 Å². The summed E-state index contributed by atoms with van der Waals surface area (Å²) in [6.45, 7) is 33.6. The van der Waals surface area contributed by atoms with E-state index in [0.29, 0.717) is 68.1 Å². The maximum atomic E-state index is 12.7. The predicted molar refractivity (Wildman–Crippen MR) is 300 cm³/mol. The highest BCUT2D eigenvalue weighted by molar-refractivity contribution is 5.76. The van der Waals surface area contributed by atoms with Crippen LogP contribution in [0.4, 0.5) is 55.9 Å². The van der Waals surface area contributed by atoms with Crippen molar-refractivity contribution in [2.24, 2.45) is 11.8 Å². The minimum Gasteiger partial charge on any atom is -0.444 e. The second-order valence-corrected chi connectivity index (χ2v) is 21.6. The summed E-state index contributed by atoms with van der Waals surface area (Å²) >= 11 is 0. The minimum absolute atomic E-state index is 0.211. The molecule has 0 spiro atoms. The molecule has 0 aromatic carbocycles. The van der Waals surface area contributed by atoms with E-state index < -0.39 is 11.2 Å². The number of piperidine rings is 2. The molecule has 0 radical (unpaired) electrons. The Balaban J connectivity index is 0.000000210. The van der Waals surface area contributed by atoms with Crippen LogP contribution in [0.3, 0.4) is 0 Å². The number of hydrogen-bond acceptors (Lipinski definition) is 17. The third-order valence-electron chi connectivity index (χ3n) is 13.0. The second kappa shape index (κ2) is 26.1. The Hall–Kier alpha value is -8.67. The lowest BCUT2D eigenvalue weighted by atomic mass is 9.98. The van der Waals surface area contributed by atoms with Crippen molar-refractivity contribution in [2.75, 3.05) is 86.8 Å². The lowest BCUT2D eigenvalue weighted by molar-refractivity contribution is 0.0163. The summed E-state index contributed by atoms with van der Waals surface area (Å²) in [5, 5.41) is 13.5. The molecule has 23 heteroatoms. The summed E-state index contributed by atoms with van der Waals surface area (Å²) in [5.74, 6) is 3.06. The number of carbonyl (C=O) groups is 3. The van der Waals surface area contributed by atoms with Crippen molar-refractivity contribution in [3.8, 4) is 11.4 Å². The fraction of sp³-hybridized carbons (Fsp3) is 0.446. The van der Waals surface area contributed by atoms with E-state index in [1.54, 1.807) is 29.6 Å². The van der Waals surface area contributed by atoms with Gasteiger partial charge in [-0.1, -0.05) is 13.1 Å². The smallest absolute Gasteiger partial charge is 0.410 e. The molecule has 6 aromatic rings. The Morgan fingerprint density at radius 1 is 0.658 bits per heavy atom. The molecule has 9 rings (SSSR count). The molecule has 6 aromatic heterocycles. The van der Waals surface area contributed by atoms with Gasteiger partial charge in [-0.2, -0.15) is 0 Å². The molecule has 2 unspecified atom stereocenters. The van der Waals surface area contributed by atoms with Crippen LogP contribution in [0.1, 0.15) is 83.1 Å². The molecule has 3 saturated heterocycles. The van der Waals surface area contributed by atoms with Crippen LogP contribution >= 0.6 is 0 Å². The molecule has 3 aliphatic heterocycles. The molecule has 23 nitrogen and oxygen atoms in total.